The number of nitrogens with zero attached hydrogens (tertiary/aromatic N) is 2. The summed E-state index contributed by atoms with van der Waals surface area (Å²) in [5.41, 5.74) is 4.89. The van der Waals surface area contributed by atoms with Crippen molar-refractivity contribution in [1.29, 1.82) is 0 Å². The molecule has 0 amide bonds. The maximum Gasteiger partial charge on any atom is 0.203 e. The molecule has 2 aromatic rings. The molecule has 0 radical (unpaired) electrons. The second kappa shape index (κ2) is 7.08. The molecule has 1 aromatic heterocycles. The Labute approximate surface area is 128 Å². The van der Waals surface area contributed by atoms with E-state index in [-0.39, 0.29) is 0 Å². The Morgan fingerprint density at radius 1 is 1.33 bits per heavy atom. The smallest absolute Gasteiger partial charge is 0.203 e. The van der Waals surface area contributed by atoms with E-state index in [1.165, 1.54) is 4.88 Å². The van der Waals surface area contributed by atoms with Gasteiger partial charge in [0.05, 0.1) is 25.6 Å². The first-order chi connectivity index (χ1) is 10.1. The summed E-state index contributed by atoms with van der Waals surface area (Å²) in [7, 11) is 1.62. The van der Waals surface area contributed by atoms with Crippen molar-refractivity contribution >= 4 is 22.7 Å². The van der Waals surface area contributed by atoms with Gasteiger partial charge in [-0.05, 0) is 44.5 Å². The van der Waals surface area contributed by atoms with Crippen LogP contribution in [0.1, 0.15) is 23.1 Å². The molecule has 0 saturated carbocycles. The minimum Gasteiger partial charge on any atom is -0.493 e. The molecule has 0 saturated heterocycles. The summed E-state index contributed by atoms with van der Waals surface area (Å²) in [4.78, 5) is 5.55. The summed E-state index contributed by atoms with van der Waals surface area (Å²) in [6, 6.07) is 5.69. The quantitative estimate of drug-likeness (QED) is 0.654. The van der Waals surface area contributed by atoms with Crippen LogP contribution in [0.4, 0.5) is 5.13 Å². The average Bonchev–Trinajstić information content (AvgIpc) is 2.79. The van der Waals surface area contributed by atoms with E-state index in [9.17, 15) is 0 Å². The van der Waals surface area contributed by atoms with Crippen LogP contribution < -0.4 is 14.9 Å². The molecule has 0 aliphatic heterocycles. The maximum absolute atomic E-state index is 5.48. The number of aromatic nitrogens is 1. The molecular formula is C15H19N3O2S. The number of ether oxygens (including phenoxy) is 2. The number of anilines is 1. The van der Waals surface area contributed by atoms with Gasteiger partial charge >= 0.3 is 0 Å². The Kier molecular flexibility index (Phi) is 5.16. The van der Waals surface area contributed by atoms with E-state index >= 15 is 0 Å². The zero-order chi connectivity index (χ0) is 15.2. The predicted octanol–water partition coefficient (Wildman–Crippen LogP) is 3.61. The molecule has 0 bridgehead atoms. The lowest BCUT2D eigenvalue weighted by Gasteiger charge is -2.09. The van der Waals surface area contributed by atoms with Crippen LogP contribution in [-0.2, 0) is 0 Å². The molecule has 1 N–H and O–H groups in total. The van der Waals surface area contributed by atoms with E-state index in [0.29, 0.717) is 12.4 Å². The van der Waals surface area contributed by atoms with E-state index in [2.05, 4.69) is 15.5 Å². The van der Waals surface area contributed by atoms with Crippen LogP contribution in [0.2, 0.25) is 0 Å². The van der Waals surface area contributed by atoms with Gasteiger partial charge in [-0.3, -0.25) is 5.43 Å². The van der Waals surface area contributed by atoms with Crippen LogP contribution in [0.15, 0.2) is 23.3 Å². The molecule has 1 heterocycles. The van der Waals surface area contributed by atoms with Gasteiger partial charge in [0.15, 0.2) is 11.5 Å². The molecule has 6 heteroatoms. The zero-order valence-electron chi connectivity index (χ0n) is 12.6. The molecule has 5 nitrogen and oxygen atoms in total. The molecule has 21 heavy (non-hydrogen) atoms. The molecule has 1 aromatic carbocycles. The third-order valence-electron chi connectivity index (χ3n) is 2.89. The van der Waals surface area contributed by atoms with Crippen molar-refractivity contribution in [3.05, 3.63) is 34.3 Å². The van der Waals surface area contributed by atoms with Crippen molar-refractivity contribution in [2.45, 2.75) is 20.8 Å². The number of hydrazone groups is 1. The summed E-state index contributed by atoms with van der Waals surface area (Å²) in [5, 5.41) is 4.98. The zero-order valence-corrected chi connectivity index (χ0v) is 13.5. The fraction of sp³-hybridized carbons (Fsp3) is 0.333. The van der Waals surface area contributed by atoms with E-state index < -0.39 is 0 Å². The summed E-state index contributed by atoms with van der Waals surface area (Å²) in [5.74, 6) is 1.43. The minimum absolute atomic E-state index is 0.605. The van der Waals surface area contributed by atoms with Gasteiger partial charge in [0.1, 0.15) is 0 Å². The molecule has 0 fully saturated rings. The normalized spacial score (nSPS) is 10.9. The lowest BCUT2D eigenvalue weighted by molar-refractivity contribution is 0.311. The summed E-state index contributed by atoms with van der Waals surface area (Å²) >= 11 is 1.59. The fourth-order valence-electron chi connectivity index (χ4n) is 1.72. The third-order valence-corrected chi connectivity index (χ3v) is 3.87. The number of benzene rings is 1. The Hall–Kier alpha value is -2.08. The van der Waals surface area contributed by atoms with Crippen LogP contribution in [-0.4, -0.2) is 24.9 Å². The standard InChI is InChI=1S/C15H19N3O2S/c1-5-20-13-7-6-12(8-14(13)19-4)9-16-18-15-17-10(2)11(3)21-15/h6-9H,5H2,1-4H3,(H,17,18)/b16-9-. The number of hydrogen-bond acceptors (Lipinski definition) is 6. The van der Waals surface area contributed by atoms with Crippen molar-refractivity contribution in [2.24, 2.45) is 5.10 Å². The van der Waals surface area contributed by atoms with E-state index in [1.54, 1.807) is 24.7 Å². The molecule has 0 atom stereocenters. The molecule has 2 rings (SSSR count). The molecular weight excluding hydrogens is 286 g/mol. The van der Waals surface area contributed by atoms with E-state index in [1.807, 2.05) is 39.0 Å². The van der Waals surface area contributed by atoms with Gasteiger partial charge < -0.3 is 9.47 Å². The van der Waals surface area contributed by atoms with Crippen molar-refractivity contribution in [3.8, 4) is 11.5 Å². The molecule has 0 aliphatic rings. The fourth-order valence-corrected chi connectivity index (χ4v) is 2.49. The average molecular weight is 305 g/mol. The van der Waals surface area contributed by atoms with Gasteiger partial charge in [0.2, 0.25) is 5.13 Å². The van der Waals surface area contributed by atoms with Crippen molar-refractivity contribution < 1.29 is 9.47 Å². The van der Waals surface area contributed by atoms with E-state index in [0.717, 1.165) is 22.1 Å². The lowest BCUT2D eigenvalue weighted by Crippen LogP contribution is -1.96. The maximum atomic E-state index is 5.48. The van der Waals surface area contributed by atoms with E-state index in [4.69, 9.17) is 9.47 Å². The number of aryl methyl sites for hydroxylation is 2. The second-order valence-corrected chi connectivity index (χ2v) is 5.58. The number of methoxy groups -OCH3 is 1. The van der Waals surface area contributed by atoms with Gasteiger partial charge in [0, 0.05) is 4.88 Å². The number of thiazole rings is 1. The number of nitrogens with one attached hydrogen (secondary N) is 1. The first-order valence-electron chi connectivity index (χ1n) is 6.68. The van der Waals surface area contributed by atoms with Gasteiger partial charge in [-0.25, -0.2) is 4.98 Å². The predicted molar refractivity (Wildman–Crippen MR) is 87.0 cm³/mol. The molecule has 0 spiro atoms. The van der Waals surface area contributed by atoms with Gasteiger partial charge in [-0.2, -0.15) is 5.10 Å². The monoisotopic (exact) mass is 305 g/mol. The Morgan fingerprint density at radius 2 is 2.14 bits per heavy atom. The van der Waals surface area contributed by atoms with Crippen molar-refractivity contribution in [2.75, 3.05) is 19.1 Å². The van der Waals surface area contributed by atoms with Gasteiger partial charge in [0.25, 0.3) is 0 Å². The van der Waals surface area contributed by atoms with Gasteiger partial charge in [-0.15, -0.1) is 11.3 Å². The topological polar surface area (TPSA) is 55.7 Å². The van der Waals surface area contributed by atoms with Crippen LogP contribution >= 0.6 is 11.3 Å². The Balaban J connectivity index is 2.06. The first-order valence-corrected chi connectivity index (χ1v) is 7.49. The summed E-state index contributed by atoms with van der Waals surface area (Å²) in [6.45, 7) is 6.57. The molecule has 112 valence electrons. The largest absolute Gasteiger partial charge is 0.493 e. The van der Waals surface area contributed by atoms with Crippen LogP contribution in [0, 0.1) is 13.8 Å². The number of hydrogen-bond donors (Lipinski definition) is 1. The highest BCUT2D eigenvalue weighted by Crippen LogP contribution is 2.27. The molecule has 0 aliphatic carbocycles. The van der Waals surface area contributed by atoms with Crippen molar-refractivity contribution in [3.63, 3.8) is 0 Å². The van der Waals surface area contributed by atoms with Crippen LogP contribution in [0.5, 0.6) is 11.5 Å². The Bertz CT molecular complexity index is 618. The highest BCUT2D eigenvalue weighted by atomic mass is 32.1. The second-order valence-electron chi connectivity index (χ2n) is 4.37. The first kappa shape index (κ1) is 15.3. The van der Waals surface area contributed by atoms with Crippen molar-refractivity contribution in [1.82, 2.24) is 4.98 Å². The van der Waals surface area contributed by atoms with Crippen LogP contribution in [0.25, 0.3) is 0 Å². The van der Waals surface area contributed by atoms with Gasteiger partial charge in [-0.1, -0.05) is 0 Å². The minimum atomic E-state index is 0.605. The Morgan fingerprint density at radius 3 is 2.76 bits per heavy atom. The summed E-state index contributed by atoms with van der Waals surface area (Å²) < 4.78 is 10.8. The highest BCUT2D eigenvalue weighted by molar-refractivity contribution is 7.15. The lowest BCUT2D eigenvalue weighted by atomic mass is 10.2. The van der Waals surface area contributed by atoms with Crippen LogP contribution in [0.3, 0.4) is 0 Å². The third kappa shape index (κ3) is 3.95. The number of rotatable bonds is 6. The summed E-state index contributed by atoms with van der Waals surface area (Å²) in [6.07, 6.45) is 1.73. The molecule has 0 unspecified atom stereocenters. The highest BCUT2D eigenvalue weighted by Gasteiger charge is 2.04. The SMILES string of the molecule is CCOc1ccc(/C=N\Nc2nc(C)c(C)s2)cc1OC.